The van der Waals surface area contributed by atoms with Crippen LogP contribution < -0.4 is 16.0 Å². The minimum atomic E-state index is -0.315. The highest BCUT2D eigenvalue weighted by atomic mass is 16.2. The maximum absolute atomic E-state index is 11.6. The molecular formula is C13H20N4O2. The molecule has 0 aromatic carbocycles. The topological polar surface area (TPSA) is 83.1 Å². The van der Waals surface area contributed by atoms with Crippen molar-refractivity contribution in [2.24, 2.45) is 0 Å². The Morgan fingerprint density at radius 2 is 1.63 bits per heavy atom. The van der Waals surface area contributed by atoms with E-state index in [1.54, 1.807) is 12.1 Å². The number of carbonyl (C=O) groups is 2. The molecule has 0 saturated carbocycles. The van der Waals surface area contributed by atoms with Gasteiger partial charge < -0.3 is 16.0 Å². The number of carbonyl (C=O) groups excluding carboxylic acids is 2. The molecule has 0 bridgehead atoms. The molecule has 19 heavy (non-hydrogen) atoms. The van der Waals surface area contributed by atoms with Crippen molar-refractivity contribution in [2.75, 3.05) is 26.0 Å². The average molecular weight is 264 g/mol. The van der Waals surface area contributed by atoms with Gasteiger partial charge in [0.2, 0.25) is 0 Å². The Bertz CT molecular complexity index is 426. The van der Waals surface area contributed by atoms with E-state index in [4.69, 9.17) is 0 Å². The van der Waals surface area contributed by atoms with E-state index >= 15 is 0 Å². The number of hydrogen-bond acceptors (Lipinski definition) is 4. The Balaban J connectivity index is 3.02. The summed E-state index contributed by atoms with van der Waals surface area (Å²) in [7, 11) is 3.06. The van der Waals surface area contributed by atoms with Crippen molar-refractivity contribution in [3.8, 4) is 0 Å². The van der Waals surface area contributed by atoms with Crippen LogP contribution in [-0.4, -0.2) is 37.4 Å². The van der Waals surface area contributed by atoms with Gasteiger partial charge in [-0.05, 0) is 18.6 Å². The van der Waals surface area contributed by atoms with Crippen LogP contribution in [0.25, 0.3) is 0 Å². The van der Waals surface area contributed by atoms with E-state index < -0.39 is 0 Å². The summed E-state index contributed by atoms with van der Waals surface area (Å²) in [5.41, 5.74) is 1.17. The van der Waals surface area contributed by atoms with E-state index in [1.165, 1.54) is 14.1 Å². The van der Waals surface area contributed by atoms with Gasteiger partial charge in [-0.15, -0.1) is 0 Å². The fraction of sp³-hybridized carbons (Fsp3) is 0.462. The summed E-state index contributed by atoms with van der Waals surface area (Å²) in [6.07, 6.45) is 2.09. The summed E-state index contributed by atoms with van der Waals surface area (Å²) < 4.78 is 0. The van der Waals surface area contributed by atoms with Crippen LogP contribution >= 0.6 is 0 Å². The van der Waals surface area contributed by atoms with Gasteiger partial charge >= 0.3 is 0 Å². The first kappa shape index (κ1) is 14.9. The van der Waals surface area contributed by atoms with Gasteiger partial charge in [0, 0.05) is 26.3 Å². The molecule has 0 spiro atoms. The van der Waals surface area contributed by atoms with E-state index in [9.17, 15) is 9.59 Å². The van der Waals surface area contributed by atoms with Crippen LogP contribution in [0, 0.1) is 0 Å². The summed E-state index contributed by atoms with van der Waals surface area (Å²) in [4.78, 5) is 27.3. The number of rotatable bonds is 6. The number of pyridine rings is 1. The van der Waals surface area contributed by atoms with Gasteiger partial charge in [0.15, 0.2) is 0 Å². The lowest BCUT2D eigenvalue weighted by Gasteiger charge is -2.09. The smallest absolute Gasteiger partial charge is 0.269 e. The number of hydrogen-bond donors (Lipinski definition) is 3. The summed E-state index contributed by atoms with van der Waals surface area (Å²) in [6, 6.07) is 3.28. The fourth-order valence-corrected chi connectivity index (χ4v) is 1.53. The van der Waals surface area contributed by atoms with Crippen molar-refractivity contribution in [1.82, 2.24) is 15.6 Å². The minimum Gasteiger partial charge on any atom is -0.385 e. The number of aromatic nitrogens is 1. The molecule has 2 amide bonds. The molecule has 1 heterocycles. The Hall–Kier alpha value is -2.11. The zero-order valence-electron chi connectivity index (χ0n) is 11.5. The molecule has 0 radical (unpaired) electrons. The van der Waals surface area contributed by atoms with Crippen LogP contribution in [0.2, 0.25) is 0 Å². The summed E-state index contributed by atoms with van der Waals surface area (Å²) in [5.74, 6) is -0.631. The van der Waals surface area contributed by atoms with E-state index in [0.29, 0.717) is 0 Å². The van der Waals surface area contributed by atoms with Crippen LogP contribution in [0.3, 0.4) is 0 Å². The normalized spacial score (nSPS) is 9.84. The third-order valence-corrected chi connectivity index (χ3v) is 2.60. The minimum absolute atomic E-state index is 0.225. The van der Waals surface area contributed by atoms with Crippen molar-refractivity contribution in [3.63, 3.8) is 0 Å². The number of unbranched alkanes of at least 4 members (excludes halogenated alkanes) is 1. The number of nitrogens with zero attached hydrogens (tertiary/aromatic N) is 1. The molecule has 0 atom stereocenters. The first-order valence-electron chi connectivity index (χ1n) is 6.32. The van der Waals surface area contributed by atoms with E-state index in [2.05, 4.69) is 27.9 Å². The Morgan fingerprint density at radius 1 is 1.11 bits per heavy atom. The lowest BCUT2D eigenvalue weighted by Crippen LogP contribution is -2.24. The lowest BCUT2D eigenvalue weighted by molar-refractivity contribution is 0.0954. The Kier molecular flexibility index (Phi) is 5.78. The first-order valence-corrected chi connectivity index (χ1v) is 6.32. The standard InChI is InChI=1S/C13H20N4O2/c1-4-5-6-16-9-7-10(12(18)14-2)17-11(8-9)13(19)15-3/h7-8H,4-6H2,1-3H3,(H,14,18)(H,15,19)(H,16,17). The fourth-order valence-electron chi connectivity index (χ4n) is 1.53. The van der Waals surface area contributed by atoms with Gasteiger partial charge in [-0.1, -0.05) is 13.3 Å². The molecule has 1 aromatic rings. The maximum atomic E-state index is 11.6. The van der Waals surface area contributed by atoms with Gasteiger partial charge in [0.1, 0.15) is 11.4 Å². The quantitative estimate of drug-likeness (QED) is 0.670. The van der Waals surface area contributed by atoms with Crippen LogP contribution in [0.5, 0.6) is 0 Å². The molecule has 6 nitrogen and oxygen atoms in total. The molecule has 0 aliphatic heterocycles. The predicted octanol–water partition coefficient (Wildman–Crippen LogP) is 1.01. The van der Waals surface area contributed by atoms with Crippen molar-refractivity contribution >= 4 is 17.5 Å². The van der Waals surface area contributed by atoms with Crippen molar-refractivity contribution in [3.05, 3.63) is 23.5 Å². The second-order valence-corrected chi connectivity index (χ2v) is 4.06. The third-order valence-electron chi connectivity index (χ3n) is 2.60. The molecule has 0 unspecified atom stereocenters. The highest BCUT2D eigenvalue weighted by Gasteiger charge is 2.12. The Morgan fingerprint density at radius 3 is 2.05 bits per heavy atom. The van der Waals surface area contributed by atoms with Crippen LogP contribution in [0.4, 0.5) is 5.69 Å². The SMILES string of the molecule is CCCCNc1cc(C(=O)NC)nc(C(=O)NC)c1. The summed E-state index contributed by atoms with van der Waals surface area (Å²) in [6.45, 7) is 2.89. The maximum Gasteiger partial charge on any atom is 0.269 e. The zero-order valence-corrected chi connectivity index (χ0v) is 11.5. The second-order valence-electron chi connectivity index (χ2n) is 4.06. The first-order chi connectivity index (χ1) is 9.12. The monoisotopic (exact) mass is 264 g/mol. The van der Waals surface area contributed by atoms with Crippen molar-refractivity contribution in [1.29, 1.82) is 0 Å². The lowest BCUT2D eigenvalue weighted by atomic mass is 10.2. The zero-order chi connectivity index (χ0) is 14.3. The molecule has 104 valence electrons. The molecule has 1 rings (SSSR count). The molecule has 0 aliphatic rings. The average Bonchev–Trinajstić information content (AvgIpc) is 2.45. The third kappa shape index (κ3) is 4.24. The number of anilines is 1. The molecule has 1 aromatic heterocycles. The number of nitrogens with one attached hydrogen (secondary N) is 3. The van der Waals surface area contributed by atoms with E-state index in [0.717, 1.165) is 25.1 Å². The van der Waals surface area contributed by atoms with Gasteiger partial charge in [-0.25, -0.2) is 4.98 Å². The van der Waals surface area contributed by atoms with Crippen molar-refractivity contribution < 1.29 is 9.59 Å². The summed E-state index contributed by atoms with van der Waals surface area (Å²) >= 11 is 0. The van der Waals surface area contributed by atoms with Gasteiger partial charge in [0.25, 0.3) is 11.8 Å². The molecule has 0 fully saturated rings. The van der Waals surface area contributed by atoms with Crippen LogP contribution in [0.15, 0.2) is 12.1 Å². The highest BCUT2D eigenvalue weighted by Crippen LogP contribution is 2.12. The summed E-state index contributed by atoms with van der Waals surface area (Å²) in [5, 5.41) is 8.18. The van der Waals surface area contributed by atoms with Crippen LogP contribution in [0.1, 0.15) is 40.7 Å². The largest absolute Gasteiger partial charge is 0.385 e. The van der Waals surface area contributed by atoms with Gasteiger partial charge in [0.05, 0.1) is 0 Å². The van der Waals surface area contributed by atoms with Gasteiger partial charge in [-0.3, -0.25) is 9.59 Å². The molecule has 6 heteroatoms. The molecule has 0 aliphatic carbocycles. The molecule has 3 N–H and O–H groups in total. The Labute approximate surface area is 113 Å². The number of amides is 2. The predicted molar refractivity (Wildman–Crippen MR) is 74.4 cm³/mol. The molecular weight excluding hydrogens is 244 g/mol. The highest BCUT2D eigenvalue weighted by molar-refractivity contribution is 5.97. The van der Waals surface area contributed by atoms with E-state index in [-0.39, 0.29) is 23.2 Å². The van der Waals surface area contributed by atoms with Crippen LogP contribution in [-0.2, 0) is 0 Å². The molecule has 0 saturated heterocycles. The van der Waals surface area contributed by atoms with Crippen molar-refractivity contribution in [2.45, 2.75) is 19.8 Å². The van der Waals surface area contributed by atoms with Gasteiger partial charge in [-0.2, -0.15) is 0 Å². The van der Waals surface area contributed by atoms with E-state index in [1.807, 2.05) is 0 Å². The second kappa shape index (κ2) is 7.35.